The lowest BCUT2D eigenvalue weighted by atomic mass is 10.0. The number of phenols is 2. The SMILES string of the molecule is Cc1c(Cl)c(C)[n+]([O-])c(Cl)c1-c1noc(-c2cc(O)c(O)c([N+](=O)[O-])c2)n1.Cc1cc(-c2nc(-c3c(C)c(Cl)c(C)[n+]([O-])c3Cl)no2)cc([N+](=O)[O-])c1C.Cc1cc(-c2nc(-c3c(Cl)nc(C)c(Cl)c3C)no2)cc([N+](=O)[O-])c1C.Cc1cc(C(=O)O)cc([N+](=O)[O-])c1C.Cc1nc(Cl)c(/C(N)=N/O)c(C)c1Cl.I. The van der Waals surface area contributed by atoms with Crippen LogP contribution in [0.4, 0.5) is 22.7 Å². The Bertz CT molecular complexity index is 5340. The highest BCUT2D eigenvalue weighted by atomic mass is 127. The summed E-state index contributed by atoms with van der Waals surface area (Å²) in [6, 6.07) is 10.7. The molecule has 0 aliphatic heterocycles. The monoisotopic (exact) mass is 1770 g/mol. The summed E-state index contributed by atoms with van der Waals surface area (Å²) in [6.45, 7) is 23.5. The van der Waals surface area contributed by atoms with Crippen LogP contribution in [-0.2, 0) is 0 Å². The molecule has 0 unspecified atom stereocenters. The van der Waals surface area contributed by atoms with E-state index in [1.54, 1.807) is 102 Å². The third-order valence-electron chi connectivity index (χ3n) is 16.5. The van der Waals surface area contributed by atoms with Crippen LogP contribution in [0.3, 0.4) is 0 Å². The Kier molecular flexibility index (Phi) is 28.6. The molecule has 7 aromatic heterocycles. The number of halogens is 9. The third-order valence-corrected chi connectivity index (χ3v) is 19.9. The van der Waals surface area contributed by atoms with Crippen molar-refractivity contribution in [2.45, 2.75) is 96.9 Å². The van der Waals surface area contributed by atoms with Crippen molar-refractivity contribution in [1.82, 2.24) is 40.4 Å². The highest BCUT2D eigenvalue weighted by Gasteiger charge is 2.31. The zero-order valence-corrected chi connectivity index (χ0v) is 67.2. The number of nitrogens with two attached hydrogens (primary N) is 1. The van der Waals surface area contributed by atoms with Gasteiger partial charge in [0, 0.05) is 65.9 Å². The smallest absolute Gasteiger partial charge is 0.335 e. The summed E-state index contributed by atoms with van der Waals surface area (Å²) in [4.78, 5) is 73.1. The molecule has 0 fully saturated rings. The molecule has 4 aromatic carbocycles. The van der Waals surface area contributed by atoms with E-state index in [4.69, 9.17) is 122 Å². The first kappa shape index (κ1) is 87.4. The van der Waals surface area contributed by atoms with Crippen molar-refractivity contribution in [1.29, 1.82) is 0 Å². The van der Waals surface area contributed by atoms with Gasteiger partial charge in [-0.25, -0.2) is 14.8 Å². The van der Waals surface area contributed by atoms with Gasteiger partial charge in [-0.1, -0.05) is 90.2 Å². The van der Waals surface area contributed by atoms with Crippen LogP contribution >= 0.6 is 117 Å². The number of rotatable bonds is 12. The van der Waals surface area contributed by atoms with E-state index in [0.29, 0.717) is 103 Å². The van der Waals surface area contributed by atoms with Crippen LogP contribution in [-0.4, -0.2) is 92.4 Å². The molecule has 11 aromatic rings. The Morgan fingerprint density at radius 2 is 0.789 bits per heavy atom. The Morgan fingerprint density at radius 3 is 1.17 bits per heavy atom. The maximum Gasteiger partial charge on any atom is 0.335 e. The number of aromatic hydroxyl groups is 2. The molecule has 0 amide bonds. The number of aryl methyl sites for hydroxylation is 5. The molecule has 572 valence electrons. The number of phenolic OH excluding ortho intramolecular Hbond substituents is 2. The number of benzene rings is 4. The second-order valence-electron chi connectivity index (χ2n) is 23.3. The van der Waals surface area contributed by atoms with E-state index in [1.165, 1.54) is 25.1 Å². The van der Waals surface area contributed by atoms with Gasteiger partial charge < -0.3 is 50.2 Å². The van der Waals surface area contributed by atoms with E-state index >= 15 is 0 Å². The van der Waals surface area contributed by atoms with Gasteiger partial charge in [0.2, 0.25) is 34.6 Å². The average Bonchev–Trinajstić information content (AvgIpc) is 1.72. The summed E-state index contributed by atoms with van der Waals surface area (Å²) in [7, 11) is 0. The molecule has 34 nitrogen and oxygen atoms in total. The van der Waals surface area contributed by atoms with Crippen LogP contribution in [0.15, 0.2) is 67.3 Å². The van der Waals surface area contributed by atoms with Crippen molar-refractivity contribution in [3.63, 3.8) is 0 Å². The molecule has 0 atom stereocenters. The Morgan fingerprint density at radius 1 is 0.459 bits per heavy atom. The largest absolute Gasteiger partial charge is 0.617 e. The first-order valence-corrected chi connectivity index (χ1v) is 33.4. The predicted octanol–water partition coefficient (Wildman–Crippen LogP) is 17.6. The molecular formula is C66H57Cl8IN16O18. The highest BCUT2D eigenvalue weighted by Crippen LogP contribution is 2.42. The molecule has 0 saturated heterocycles. The highest BCUT2D eigenvalue weighted by molar-refractivity contribution is 14.0. The van der Waals surface area contributed by atoms with Gasteiger partial charge in [0.05, 0.1) is 63.4 Å². The fourth-order valence-corrected chi connectivity index (χ4v) is 12.1. The Labute approximate surface area is 672 Å². The number of nitro benzene ring substituents is 4. The summed E-state index contributed by atoms with van der Waals surface area (Å²) >= 11 is 48.8. The lowest BCUT2D eigenvalue weighted by Gasteiger charge is -2.10. The minimum absolute atomic E-state index is 0. The number of oxime groups is 1. The summed E-state index contributed by atoms with van der Waals surface area (Å²) in [5.41, 5.74) is 14.2. The molecule has 0 bridgehead atoms. The Hall–Kier alpha value is -10.5. The van der Waals surface area contributed by atoms with E-state index in [2.05, 4.69) is 45.5 Å². The lowest BCUT2D eigenvalue weighted by molar-refractivity contribution is -0.609. The molecule has 43 heteroatoms. The zero-order valence-electron chi connectivity index (χ0n) is 58.8. The van der Waals surface area contributed by atoms with E-state index in [1.807, 2.05) is 0 Å². The number of nitrogens with zero attached hydrogens (tertiary/aromatic N) is 15. The molecule has 11 rings (SSSR count). The zero-order chi connectivity index (χ0) is 81.0. The summed E-state index contributed by atoms with van der Waals surface area (Å²) in [5.74, 6) is -2.64. The molecule has 0 spiro atoms. The first-order valence-electron chi connectivity index (χ1n) is 30.4. The number of hydrogen-bond acceptors (Lipinski definition) is 26. The van der Waals surface area contributed by atoms with Crippen molar-refractivity contribution < 1.29 is 68.0 Å². The lowest BCUT2D eigenvalue weighted by Crippen LogP contribution is -2.33. The van der Waals surface area contributed by atoms with Crippen LogP contribution in [0.2, 0.25) is 40.7 Å². The number of nitro groups is 4. The quantitative estimate of drug-likeness (QED) is 0.00724. The van der Waals surface area contributed by atoms with Crippen LogP contribution in [0.5, 0.6) is 11.5 Å². The van der Waals surface area contributed by atoms with Gasteiger partial charge in [-0.15, -0.1) is 24.0 Å². The Balaban J connectivity index is 0.000000218. The molecule has 0 radical (unpaired) electrons. The maximum atomic E-state index is 12.2. The van der Waals surface area contributed by atoms with E-state index in [0.717, 1.165) is 23.8 Å². The first-order chi connectivity index (χ1) is 50.4. The van der Waals surface area contributed by atoms with E-state index in [-0.39, 0.29) is 146 Å². The molecule has 7 heterocycles. The fourth-order valence-electron chi connectivity index (χ4n) is 10.1. The van der Waals surface area contributed by atoms with Crippen molar-refractivity contribution in [3.05, 3.63) is 230 Å². The maximum absolute atomic E-state index is 12.2. The molecule has 109 heavy (non-hydrogen) atoms. The number of carbonyl (C=O) groups is 1. The van der Waals surface area contributed by atoms with Crippen molar-refractivity contribution in [3.8, 4) is 80.0 Å². The van der Waals surface area contributed by atoms with Gasteiger partial charge in [-0.2, -0.15) is 24.4 Å². The molecule has 0 aliphatic rings. The minimum Gasteiger partial charge on any atom is -0.617 e. The number of carboxylic acids is 1. The van der Waals surface area contributed by atoms with Gasteiger partial charge >= 0.3 is 11.7 Å². The topological polar surface area (TPSA) is 505 Å². The van der Waals surface area contributed by atoms with Crippen molar-refractivity contribution in [2.75, 3.05) is 0 Å². The van der Waals surface area contributed by atoms with Crippen LogP contribution in [0, 0.1) is 148 Å². The van der Waals surface area contributed by atoms with Crippen molar-refractivity contribution >= 4 is 151 Å². The van der Waals surface area contributed by atoms with Crippen LogP contribution in [0.25, 0.3) is 68.5 Å². The van der Waals surface area contributed by atoms with Gasteiger partial charge in [-0.05, 0) is 169 Å². The second-order valence-corrected chi connectivity index (χ2v) is 26.3. The number of carboxylic acid groups (broad SMARTS) is 1. The van der Waals surface area contributed by atoms with Crippen molar-refractivity contribution in [2.24, 2.45) is 10.9 Å². The minimum atomic E-state index is -1.16. The number of hydrogen-bond donors (Lipinski definition) is 5. The second kappa shape index (κ2) is 35.7. The standard InChI is InChI=1S/C17H14Cl2N4O4.C17H14Cl2N4O3.C15H10Cl2N4O6.C9H9NO4.C8H9Cl2N3O.HI/c1-7-5-11(6-12(8(7)2)23(25)26)17-20-16(21-27-17)13-9(3)14(18)10(4)22(24)15(13)19;1-7-5-11(6-12(8(7)2)23(24)25)17-21-16(22-26-17)13-9(3)14(18)10(4)20-15(13)19;1-5-10(13(17)20(24)6(2)11(5)16)14-18-15(27-19-14)7-3-8(21(25)26)12(23)9(22)4-7;1-5-3-7(9(11)12)4-8(6(5)2)10(13)14;1-3-5(8(11)13-14)7(10)12-4(2)6(3)9;/h5-6H,1-4H3;5-6H,1-4H3;3-4,22-23H,1-2H3;3-4H,1-2H3,(H,11,12);14H,1-2H3,(H2,11,13);1H. The average molecular weight is 1770 g/mol. The molecule has 6 N–H and O–H groups in total. The molecular weight excluding hydrogens is 1720 g/mol. The summed E-state index contributed by atoms with van der Waals surface area (Å²) in [6.07, 6.45) is 0. The number of aromatic carboxylic acids is 1. The molecule has 0 aliphatic carbocycles. The summed E-state index contributed by atoms with van der Waals surface area (Å²) in [5, 5.41) is 121. The van der Waals surface area contributed by atoms with Gasteiger partial charge in [0.15, 0.2) is 11.6 Å². The van der Waals surface area contributed by atoms with E-state index < -0.39 is 42.8 Å². The van der Waals surface area contributed by atoms with Gasteiger partial charge in [0.25, 0.3) is 45.0 Å². The fraction of sp³-hybridized carbons (Fsp3) is 0.212. The summed E-state index contributed by atoms with van der Waals surface area (Å²) < 4.78 is 16.5. The number of amidine groups is 1. The van der Waals surface area contributed by atoms with Crippen LogP contribution in [0.1, 0.15) is 94.3 Å². The van der Waals surface area contributed by atoms with Gasteiger partial charge in [-0.3, -0.25) is 40.5 Å². The molecule has 0 saturated carbocycles. The number of pyridine rings is 4. The normalized spacial score (nSPS) is 10.9. The van der Waals surface area contributed by atoms with Crippen LogP contribution < -0.4 is 15.2 Å². The predicted molar refractivity (Wildman–Crippen MR) is 413 cm³/mol. The van der Waals surface area contributed by atoms with E-state index in [9.17, 15) is 65.9 Å². The third kappa shape index (κ3) is 18.6. The number of aromatic nitrogens is 10. The van der Waals surface area contributed by atoms with Gasteiger partial charge in [0.1, 0.15) is 31.5 Å².